The lowest BCUT2D eigenvalue weighted by Crippen LogP contribution is -2.35. The first-order valence-corrected chi connectivity index (χ1v) is 14.1. The molecule has 0 aliphatic heterocycles. The predicted octanol–water partition coefficient (Wildman–Crippen LogP) is 7.18. The van der Waals surface area contributed by atoms with Crippen molar-refractivity contribution in [2.75, 3.05) is 13.6 Å². The van der Waals surface area contributed by atoms with Gasteiger partial charge >= 0.3 is 18.1 Å². The van der Waals surface area contributed by atoms with Gasteiger partial charge in [0.15, 0.2) is 0 Å². The lowest BCUT2D eigenvalue weighted by molar-refractivity contribution is -0.150. The number of carboxylic acid groups (broad SMARTS) is 1. The number of hydrogen-bond donors (Lipinski definition) is 2. The van der Waals surface area contributed by atoms with Gasteiger partial charge in [-0.1, -0.05) is 89.0 Å². The number of aliphatic carboxylic acids is 1. The average molecular weight is 563 g/mol. The maximum absolute atomic E-state index is 12.9. The van der Waals surface area contributed by atoms with Crippen LogP contribution in [0.2, 0.25) is 0 Å². The average Bonchev–Trinajstić information content (AvgIpc) is 2.93. The van der Waals surface area contributed by atoms with Crippen LogP contribution < -0.4 is 5.32 Å². The molecule has 6 nitrogen and oxygen atoms in total. The molecule has 220 valence electrons. The highest BCUT2D eigenvalue weighted by Crippen LogP contribution is 2.30. The van der Waals surface area contributed by atoms with Crippen LogP contribution in [0, 0.1) is 0 Å². The number of carbonyl (C=O) groups excluding carboxylic acids is 2. The first kappa shape index (κ1) is 32.8. The Hall–Kier alpha value is -3.36. The number of hydrogen-bond acceptors (Lipinski definition) is 3. The third-order valence-electron chi connectivity index (χ3n) is 6.97. The minimum absolute atomic E-state index is 0.110. The summed E-state index contributed by atoms with van der Waals surface area (Å²) in [6.45, 7) is 2.88. The van der Waals surface area contributed by atoms with Crippen molar-refractivity contribution in [1.29, 1.82) is 0 Å². The van der Waals surface area contributed by atoms with Crippen LogP contribution >= 0.6 is 0 Å². The number of carbonyl (C=O) groups is 3. The van der Waals surface area contributed by atoms with Crippen LogP contribution in [0.25, 0.3) is 0 Å². The van der Waals surface area contributed by atoms with Crippen LogP contribution in [-0.2, 0) is 22.2 Å². The predicted molar refractivity (Wildman–Crippen MR) is 149 cm³/mol. The number of carboxylic acids is 1. The zero-order chi connectivity index (χ0) is 29.5. The zero-order valence-corrected chi connectivity index (χ0v) is 23.4. The van der Waals surface area contributed by atoms with E-state index in [1.807, 2.05) is 0 Å². The molecule has 9 heteroatoms. The molecule has 1 unspecified atom stereocenters. The molecule has 0 spiro atoms. The Labute approximate surface area is 235 Å². The molecule has 0 aromatic heterocycles. The number of amides is 2. The molecule has 0 aliphatic carbocycles. The van der Waals surface area contributed by atoms with Gasteiger partial charge in [-0.05, 0) is 48.2 Å². The SMILES string of the molecule is CCCCCCCCCCCCN(C)C(=O)c1ccc(CC(NC(=O)C(=O)O)c2ccc(C(F)(F)F)cc2)cc1. The van der Waals surface area contributed by atoms with E-state index in [1.54, 1.807) is 36.2 Å². The summed E-state index contributed by atoms with van der Waals surface area (Å²) in [4.78, 5) is 37.4. The van der Waals surface area contributed by atoms with E-state index in [9.17, 15) is 27.6 Å². The molecular weight excluding hydrogens is 521 g/mol. The standard InChI is InChI=1S/C31H41F3N2O4/c1-3-4-5-6-7-8-9-10-11-12-21-36(2)29(38)25-15-13-23(14-16-25)22-27(35-28(37)30(39)40)24-17-19-26(20-18-24)31(32,33)34/h13-20,27H,3-12,21-22H2,1-2H3,(H,35,37)(H,39,40). The third-order valence-corrected chi connectivity index (χ3v) is 6.97. The number of halogens is 3. The number of alkyl halides is 3. The number of nitrogens with zero attached hydrogens (tertiary/aromatic N) is 1. The summed E-state index contributed by atoms with van der Waals surface area (Å²) in [6, 6.07) is 10.1. The highest BCUT2D eigenvalue weighted by Gasteiger charge is 2.30. The normalized spacial score (nSPS) is 12.1. The fraction of sp³-hybridized carbons (Fsp3) is 0.516. The Bertz CT molecular complexity index is 1070. The van der Waals surface area contributed by atoms with E-state index in [4.69, 9.17) is 5.11 Å². The summed E-state index contributed by atoms with van der Waals surface area (Å²) < 4.78 is 38.8. The van der Waals surface area contributed by atoms with Crippen molar-refractivity contribution in [2.45, 2.75) is 89.8 Å². The first-order valence-electron chi connectivity index (χ1n) is 14.1. The van der Waals surface area contributed by atoms with Gasteiger partial charge in [-0.3, -0.25) is 9.59 Å². The van der Waals surface area contributed by atoms with Crippen LogP contribution in [0.15, 0.2) is 48.5 Å². The van der Waals surface area contributed by atoms with Gasteiger partial charge in [0.25, 0.3) is 5.91 Å². The van der Waals surface area contributed by atoms with E-state index >= 15 is 0 Å². The van der Waals surface area contributed by atoms with E-state index in [0.29, 0.717) is 23.2 Å². The molecule has 2 aromatic rings. The fourth-order valence-corrected chi connectivity index (χ4v) is 4.55. The van der Waals surface area contributed by atoms with E-state index in [1.165, 1.54) is 63.5 Å². The van der Waals surface area contributed by atoms with Gasteiger partial charge in [-0.25, -0.2) is 4.79 Å². The van der Waals surface area contributed by atoms with Crippen molar-refractivity contribution >= 4 is 17.8 Å². The molecule has 0 bridgehead atoms. The highest BCUT2D eigenvalue weighted by molar-refractivity contribution is 6.31. The molecule has 0 aliphatic rings. The Morgan fingerprint density at radius 1 is 0.825 bits per heavy atom. The summed E-state index contributed by atoms with van der Waals surface area (Å²) in [5.74, 6) is -3.06. The van der Waals surface area contributed by atoms with Crippen molar-refractivity contribution in [3.05, 3.63) is 70.8 Å². The molecule has 2 N–H and O–H groups in total. The van der Waals surface area contributed by atoms with Gasteiger partial charge in [0, 0.05) is 19.2 Å². The van der Waals surface area contributed by atoms with Gasteiger partial charge in [-0.2, -0.15) is 13.2 Å². The largest absolute Gasteiger partial charge is 0.474 e. The lowest BCUT2D eigenvalue weighted by Gasteiger charge is -2.20. The summed E-state index contributed by atoms with van der Waals surface area (Å²) in [5, 5.41) is 11.3. The molecule has 0 fully saturated rings. The minimum atomic E-state index is -4.51. The first-order chi connectivity index (χ1) is 19.0. The smallest absolute Gasteiger partial charge is 0.416 e. The van der Waals surface area contributed by atoms with Crippen LogP contribution in [0.5, 0.6) is 0 Å². The van der Waals surface area contributed by atoms with Crippen molar-refractivity contribution in [2.24, 2.45) is 0 Å². The Morgan fingerprint density at radius 3 is 1.85 bits per heavy atom. The van der Waals surface area contributed by atoms with Gasteiger partial charge in [0.2, 0.25) is 0 Å². The van der Waals surface area contributed by atoms with E-state index in [0.717, 1.165) is 25.0 Å². The van der Waals surface area contributed by atoms with E-state index in [-0.39, 0.29) is 12.3 Å². The number of benzene rings is 2. The summed E-state index contributed by atoms with van der Waals surface area (Å²) >= 11 is 0. The molecule has 0 heterocycles. The molecule has 0 saturated carbocycles. The summed E-state index contributed by atoms with van der Waals surface area (Å²) in [5.41, 5.74) is 0.673. The molecule has 40 heavy (non-hydrogen) atoms. The monoisotopic (exact) mass is 562 g/mol. The molecule has 2 rings (SSSR count). The van der Waals surface area contributed by atoms with Crippen LogP contribution in [-0.4, -0.2) is 41.4 Å². The van der Waals surface area contributed by atoms with Crippen LogP contribution in [0.1, 0.15) is 104 Å². The molecule has 2 amide bonds. The topological polar surface area (TPSA) is 86.7 Å². The maximum Gasteiger partial charge on any atom is 0.416 e. The number of nitrogens with one attached hydrogen (secondary N) is 1. The quantitative estimate of drug-likeness (QED) is 0.168. The lowest BCUT2D eigenvalue weighted by atomic mass is 9.97. The zero-order valence-electron chi connectivity index (χ0n) is 23.4. The van der Waals surface area contributed by atoms with Crippen molar-refractivity contribution in [3.8, 4) is 0 Å². The second kappa shape index (κ2) is 16.7. The highest BCUT2D eigenvalue weighted by atomic mass is 19.4. The molecular formula is C31H41F3N2O4. The Balaban J connectivity index is 1.90. The Kier molecular flexibility index (Phi) is 13.7. The van der Waals surface area contributed by atoms with Crippen LogP contribution in [0.4, 0.5) is 13.2 Å². The molecule has 0 saturated heterocycles. The molecule has 0 radical (unpaired) electrons. The Morgan fingerprint density at radius 2 is 1.35 bits per heavy atom. The minimum Gasteiger partial charge on any atom is -0.474 e. The maximum atomic E-state index is 12.9. The van der Waals surface area contributed by atoms with E-state index in [2.05, 4.69) is 12.2 Å². The second-order valence-corrected chi connectivity index (χ2v) is 10.3. The second-order valence-electron chi connectivity index (χ2n) is 10.3. The third kappa shape index (κ3) is 11.4. The van der Waals surface area contributed by atoms with Crippen molar-refractivity contribution < 1.29 is 32.7 Å². The van der Waals surface area contributed by atoms with Crippen molar-refractivity contribution in [1.82, 2.24) is 10.2 Å². The van der Waals surface area contributed by atoms with Gasteiger partial charge in [0.1, 0.15) is 0 Å². The van der Waals surface area contributed by atoms with E-state index < -0.39 is 29.7 Å². The molecule has 1 atom stereocenters. The number of unbranched alkanes of at least 4 members (excludes halogenated alkanes) is 9. The van der Waals surface area contributed by atoms with Crippen molar-refractivity contribution in [3.63, 3.8) is 0 Å². The fourth-order valence-electron chi connectivity index (χ4n) is 4.55. The molecule has 2 aromatic carbocycles. The van der Waals surface area contributed by atoms with Gasteiger partial charge < -0.3 is 15.3 Å². The number of rotatable bonds is 16. The summed E-state index contributed by atoms with van der Waals surface area (Å²) in [6.07, 6.45) is 7.82. The summed E-state index contributed by atoms with van der Waals surface area (Å²) in [7, 11) is 1.77. The van der Waals surface area contributed by atoms with Crippen LogP contribution in [0.3, 0.4) is 0 Å². The van der Waals surface area contributed by atoms with Gasteiger partial charge in [-0.15, -0.1) is 0 Å². The van der Waals surface area contributed by atoms with Gasteiger partial charge in [0.05, 0.1) is 11.6 Å².